The molecule has 0 saturated heterocycles. The first-order valence-corrected chi connectivity index (χ1v) is 7.94. The van der Waals surface area contributed by atoms with Gasteiger partial charge in [0.15, 0.2) is 0 Å². The van der Waals surface area contributed by atoms with Gasteiger partial charge in [-0.15, -0.1) is 22.7 Å². The van der Waals surface area contributed by atoms with E-state index in [9.17, 15) is 4.79 Å². The number of hydrogen-bond donors (Lipinski definition) is 1. The quantitative estimate of drug-likeness (QED) is 0.780. The highest BCUT2D eigenvalue weighted by atomic mass is 32.1. The van der Waals surface area contributed by atoms with Gasteiger partial charge < -0.3 is 9.73 Å². The third-order valence-electron chi connectivity index (χ3n) is 2.80. The first kappa shape index (κ1) is 13.1. The van der Waals surface area contributed by atoms with E-state index < -0.39 is 0 Å². The second-order valence-electron chi connectivity index (χ2n) is 4.41. The highest BCUT2D eigenvalue weighted by molar-refractivity contribution is 7.13. The number of carbonyl (C=O) groups excluding carboxylic acids is 1. The molecule has 0 aliphatic carbocycles. The van der Waals surface area contributed by atoms with Crippen LogP contribution in [0.15, 0.2) is 45.5 Å². The number of furan rings is 1. The molecule has 3 nitrogen and oxygen atoms in total. The number of carbonyl (C=O) groups is 1. The molecule has 0 unspecified atom stereocenters. The van der Waals surface area contributed by atoms with Crippen molar-refractivity contribution < 1.29 is 9.21 Å². The first-order valence-electron chi connectivity index (χ1n) is 6.18. The van der Waals surface area contributed by atoms with Crippen LogP contribution in [0.3, 0.4) is 0 Å². The van der Waals surface area contributed by atoms with Crippen molar-refractivity contribution >= 4 is 28.6 Å². The molecule has 0 bridgehead atoms. The van der Waals surface area contributed by atoms with Crippen LogP contribution >= 0.6 is 22.7 Å². The van der Waals surface area contributed by atoms with E-state index in [2.05, 4.69) is 5.32 Å². The number of rotatable bonds is 4. The second kappa shape index (κ2) is 5.64. The van der Waals surface area contributed by atoms with E-state index in [0.29, 0.717) is 6.54 Å². The normalized spacial score (nSPS) is 10.7. The Bertz CT molecular complexity index is 710. The largest absolute Gasteiger partial charge is 0.458 e. The van der Waals surface area contributed by atoms with Gasteiger partial charge in [-0.2, -0.15) is 0 Å². The standard InChI is InChI=1S/C15H13NO2S2/c1-10-7-14(20-9-10)15(17)16-8-11-4-5-12(18-11)13-3-2-6-19-13/h2-7,9H,8H2,1H3,(H,16,17). The summed E-state index contributed by atoms with van der Waals surface area (Å²) in [6, 6.07) is 9.72. The predicted molar refractivity (Wildman–Crippen MR) is 82.2 cm³/mol. The zero-order chi connectivity index (χ0) is 13.9. The molecule has 5 heteroatoms. The minimum atomic E-state index is -0.0582. The fourth-order valence-corrected chi connectivity index (χ4v) is 3.33. The van der Waals surface area contributed by atoms with E-state index in [-0.39, 0.29) is 5.91 Å². The van der Waals surface area contributed by atoms with Crippen LogP contribution in [-0.4, -0.2) is 5.91 Å². The van der Waals surface area contributed by atoms with Crippen LogP contribution in [0.2, 0.25) is 0 Å². The van der Waals surface area contributed by atoms with Gasteiger partial charge in [-0.05, 0) is 47.5 Å². The van der Waals surface area contributed by atoms with Crippen molar-refractivity contribution in [1.82, 2.24) is 5.32 Å². The van der Waals surface area contributed by atoms with Crippen LogP contribution in [0, 0.1) is 6.92 Å². The number of hydrogen-bond acceptors (Lipinski definition) is 4. The van der Waals surface area contributed by atoms with Crippen LogP contribution in [0.25, 0.3) is 10.6 Å². The number of amides is 1. The van der Waals surface area contributed by atoms with Crippen molar-refractivity contribution in [3.63, 3.8) is 0 Å². The van der Waals surface area contributed by atoms with Crippen molar-refractivity contribution in [1.29, 1.82) is 0 Å². The molecular weight excluding hydrogens is 290 g/mol. The summed E-state index contributed by atoms with van der Waals surface area (Å²) in [4.78, 5) is 13.7. The summed E-state index contributed by atoms with van der Waals surface area (Å²) >= 11 is 3.09. The molecule has 20 heavy (non-hydrogen) atoms. The Hall–Kier alpha value is -1.85. The first-order chi connectivity index (χ1) is 9.72. The average molecular weight is 303 g/mol. The fraction of sp³-hybridized carbons (Fsp3) is 0.133. The summed E-state index contributed by atoms with van der Waals surface area (Å²) < 4.78 is 5.72. The molecule has 3 aromatic heterocycles. The zero-order valence-electron chi connectivity index (χ0n) is 10.9. The Morgan fingerprint density at radius 1 is 1.30 bits per heavy atom. The Labute approximate surface area is 124 Å². The van der Waals surface area contributed by atoms with Crippen molar-refractivity contribution in [2.45, 2.75) is 13.5 Å². The van der Waals surface area contributed by atoms with Crippen LogP contribution in [0.1, 0.15) is 21.0 Å². The number of nitrogens with one attached hydrogen (secondary N) is 1. The van der Waals surface area contributed by atoms with Crippen molar-refractivity contribution in [2.24, 2.45) is 0 Å². The van der Waals surface area contributed by atoms with Crippen molar-refractivity contribution in [2.75, 3.05) is 0 Å². The van der Waals surface area contributed by atoms with E-state index >= 15 is 0 Å². The topological polar surface area (TPSA) is 42.2 Å². The summed E-state index contributed by atoms with van der Waals surface area (Å²) in [5, 5.41) is 6.85. The van der Waals surface area contributed by atoms with Gasteiger partial charge in [-0.3, -0.25) is 4.79 Å². The lowest BCUT2D eigenvalue weighted by Crippen LogP contribution is -2.21. The summed E-state index contributed by atoms with van der Waals surface area (Å²) in [7, 11) is 0. The monoisotopic (exact) mass is 303 g/mol. The molecule has 0 aliphatic heterocycles. The SMILES string of the molecule is Cc1csc(C(=O)NCc2ccc(-c3cccs3)o2)c1. The van der Waals surface area contributed by atoms with Gasteiger partial charge in [0.1, 0.15) is 11.5 Å². The van der Waals surface area contributed by atoms with Crippen LogP contribution in [0.5, 0.6) is 0 Å². The third-order valence-corrected chi connectivity index (χ3v) is 4.73. The maximum absolute atomic E-state index is 11.9. The second-order valence-corrected chi connectivity index (χ2v) is 6.27. The molecule has 0 saturated carbocycles. The lowest BCUT2D eigenvalue weighted by Gasteiger charge is -2.00. The molecule has 0 fully saturated rings. The van der Waals surface area contributed by atoms with Gasteiger partial charge in [0.2, 0.25) is 0 Å². The minimum absolute atomic E-state index is 0.0582. The highest BCUT2D eigenvalue weighted by Gasteiger charge is 2.10. The molecule has 1 amide bonds. The summed E-state index contributed by atoms with van der Waals surface area (Å²) in [5.74, 6) is 1.54. The molecule has 102 valence electrons. The Balaban J connectivity index is 1.63. The molecule has 3 rings (SSSR count). The maximum atomic E-state index is 11.9. The molecule has 0 aromatic carbocycles. The van der Waals surface area contributed by atoms with E-state index in [0.717, 1.165) is 26.8 Å². The lowest BCUT2D eigenvalue weighted by molar-refractivity contribution is 0.0952. The van der Waals surface area contributed by atoms with Gasteiger partial charge in [-0.25, -0.2) is 0 Å². The minimum Gasteiger partial charge on any atom is -0.458 e. The molecule has 3 heterocycles. The fourth-order valence-electron chi connectivity index (χ4n) is 1.83. The van der Waals surface area contributed by atoms with Gasteiger partial charge in [0, 0.05) is 0 Å². The lowest BCUT2D eigenvalue weighted by atomic mass is 10.3. The van der Waals surface area contributed by atoms with E-state index in [1.54, 1.807) is 11.3 Å². The van der Waals surface area contributed by atoms with Crippen LogP contribution in [0.4, 0.5) is 0 Å². The molecule has 0 aliphatic rings. The summed E-state index contributed by atoms with van der Waals surface area (Å²) in [5.41, 5.74) is 1.11. The molecular formula is C15H13NO2S2. The number of thiophene rings is 2. The van der Waals surface area contributed by atoms with Crippen molar-refractivity contribution in [3.05, 3.63) is 57.3 Å². The van der Waals surface area contributed by atoms with Gasteiger partial charge in [0.25, 0.3) is 5.91 Å². The molecule has 0 radical (unpaired) electrons. The predicted octanol–water partition coefficient (Wildman–Crippen LogP) is 4.31. The summed E-state index contributed by atoms with van der Waals surface area (Å²) in [6.07, 6.45) is 0. The van der Waals surface area contributed by atoms with Gasteiger partial charge in [-0.1, -0.05) is 6.07 Å². The third kappa shape index (κ3) is 2.84. The Morgan fingerprint density at radius 2 is 2.20 bits per heavy atom. The average Bonchev–Trinajstić information content (AvgIpc) is 3.16. The van der Waals surface area contributed by atoms with E-state index in [1.807, 2.05) is 48.0 Å². The van der Waals surface area contributed by atoms with Crippen LogP contribution in [-0.2, 0) is 6.54 Å². The van der Waals surface area contributed by atoms with Crippen LogP contribution < -0.4 is 5.32 Å². The Morgan fingerprint density at radius 3 is 2.90 bits per heavy atom. The zero-order valence-corrected chi connectivity index (χ0v) is 12.5. The van der Waals surface area contributed by atoms with E-state index in [1.165, 1.54) is 11.3 Å². The number of aryl methyl sites for hydroxylation is 1. The van der Waals surface area contributed by atoms with Gasteiger partial charge >= 0.3 is 0 Å². The highest BCUT2D eigenvalue weighted by Crippen LogP contribution is 2.26. The molecule has 0 atom stereocenters. The Kier molecular flexibility index (Phi) is 3.71. The van der Waals surface area contributed by atoms with Crippen molar-refractivity contribution in [3.8, 4) is 10.6 Å². The van der Waals surface area contributed by atoms with Gasteiger partial charge in [0.05, 0.1) is 16.3 Å². The molecule has 3 aromatic rings. The maximum Gasteiger partial charge on any atom is 0.261 e. The summed E-state index contributed by atoms with van der Waals surface area (Å²) in [6.45, 7) is 2.38. The smallest absolute Gasteiger partial charge is 0.261 e. The molecule has 0 spiro atoms. The van der Waals surface area contributed by atoms with E-state index in [4.69, 9.17) is 4.42 Å². The molecule has 1 N–H and O–H groups in total.